The Bertz CT molecular complexity index is 216. The summed E-state index contributed by atoms with van der Waals surface area (Å²) in [5.74, 6) is 3.80. The van der Waals surface area contributed by atoms with E-state index in [9.17, 15) is 5.11 Å². The summed E-state index contributed by atoms with van der Waals surface area (Å²) < 4.78 is 0. The lowest BCUT2D eigenvalue weighted by atomic mass is 9.82. The minimum Gasteiger partial charge on any atom is -0.388 e. The maximum Gasteiger partial charge on any atom is 0.0869 e. The molecule has 1 aliphatic heterocycles. The molecule has 3 heteroatoms. The zero-order valence-corrected chi connectivity index (χ0v) is 11.2. The lowest BCUT2D eigenvalue weighted by molar-refractivity contribution is 0.0658. The molecule has 0 amide bonds. The van der Waals surface area contributed by atoms with Gasteiger partial charge >= 0.3 is 0 Å². The highest BCUT2D eigenvalue weighted by molar-refractivity contribution is 7.99. The third kappa shape index (κ3) is 3.64. The van der Waals surface area contributed by atoms with Crippen molar-refractivity contribution in [3.05, 3.63) is 0 Å². The van der Waals surface area contributed by atoms with Crippen molar-refractivity contribution in [1.82, 2.24) is 5.32 Å². The number of nitrogens with one attached hydrogen (secondary N) is 1. The summed E-state index contributed by atoms with van der Waals surface area (Å²) in [7, 11) is 0. The van der Waals surface area contributed by atoms with Crippen molar-refractivity contribution in [2.24, 2.45) is 11.8 Å². The Kier molecular flexibility index (Phi) is 4.57. The van der Waals surface area contributed by atoms with E-state index in [1.807, 2.05) is 11.8 Å². The molecule has 0 aromatic heterocycles. The molecule has 1 saturated carbocycles. The molecule has 2 N–H and O–H groups in total. The second-order valence-electron chi connectivity index (χ2n) is 5.80. The Hall–Kier alpha value is 0.270. The molecule has 0 aromatic carbocycles. The number of rotatable bonds is 4. The zero-order valence-electron chi connectivity index (χ0n) is 10.4. The van der Waals surface area contributed by atoms with Crippen LogP contribution in [0.1, 0.15) is 39.0 Å². The highest BCUT2D eigenvalue weighted by Crippen LogP contribution is 2.29. The van der Waals surface area contributed by atoms with Crippen LogP contribution in [0.2, 0.25) is 0 Å². The summed E-state index contributed by atoms with van der Waals surface area (Å²) in [6.45, 7) is 4.27. The Labute approximate surface area is 104 Å². The SMILES string of the molecule is CC1CCCC(CNCC2(O)CCSC2)C1. The van der Waals surface area contributed by atoms with Crippen LogP contribution in [0.4, 0.5) is 0 Å². The van der Waals surface area contributed by atoms with E-state index in [1.54, 1.807) is 0 Å². The molecular formula is C13H25NOS. The number of thioether (sulfide) groups is 1. The summed E-state index contributed by atoms with van der Waals surface area (Å²) in [5.41, 5.74) is -0.412. The predicted molar refractivity (Wildman–Crippen MR) is 70.9 cm³/mol. The quantitative estimate of drug-likeness (QED) is 0.794. The normalized spacial score (nSPS) is 40.1. The van der Waals surface area contributed by atoms with Crippen LogP contribution < -0.4 is 5.32 Å². The van der Waals surface area contributed by atoms with Gasteiger partial charge in [-0.3, -0.25) is 0 Å². The molecule has 2 aliphatic rings. The topological polar surface area (TPSA) is 32.3 Å². The minimum atomic E-state index is -0.412. The Morgan fingerprint density at radius 3 is 3.00 bits per heavy atom. The molecule has 0 bridgehead atoms. The van der Waals surface area contributed by atoms with E-state index in [1.165, 1.54) is 25.7 Å². The molecule has 16 heavy (non-hydrogen) atoms. The molecule has 2 rings (SSSR count). The summed E-state index contributed by atoms with van der Waals surface area (Å²) >= 11 is 1.88. The molecule has 3 unspecified atom stereocenters. The minimum absolute atomic E-state index is 0.412. The molecule has 2 fully saturated rings. The molecule has 0 radical (unpaired) electrons. The highest BCUT2D eigenvalue weighted by Gasteiger charge is 2.31. The molecule has 1 heterocycles. The number of aliphatic hydroxyl groups is 1. The van der Waals surface area contributed by atoms with Crippen LogP contribution in [0.15, 0.2) is 0 Å². The second-order valence-corrected chi connectivity index (χ2v) is 6.90. The van der Waals surface area contributed by atoms with E-state index in [-0.39, 0.29) is 0 Å². The van der Waals surface area contributed by atoms with Crippen LogP contribution in [-0.2, 0) is 0 Å². The highest BCUT2D eigenvalue weighted by atomic mass is 32.2. The van der Waals surface area contributed by atoms with Crippen molar-refractivity contribution >= 4 is 11.8 Å². The van der Waals surface area contributed by atoms with Gasteiger partial charge < -0.3 is 10.4 Å². The van der Waals surface area contributed by atoms with E-state index >= 15 is 0 Å². The van der Waals surface area contributed by atoms with Gasteiger partial charge in [0.25, 0.3) is 0 Å². The van der Waals surface area contributed by atoms with Gasteiger partial charge in [0.1, 0.15) is 0 Å². The fourth-order valence-corrected chi connectivity index (χ4v) is 4.28. The van der Waals surface area contributed by atoms with Gasteiger partial charge in [0, 0.05) is 12.3 Å². The largest absolute Gasteiger partial charge is 0.388 e. The lowest BCUT2D eigenvalue weighted by Crippen LogP contribution is -2.42. The van der Waals surface area contributed by atoms with Gasteiger partial charge in [-0.25, -0.2) is 0 Å². The van der Waals surface area contributed by atoms with Crippen LogP contribution >= 0.6 is 11.8 Å². The maximum absolute atomic E-state index is 10.2. The monoisotopic (exact) mass is 243 g/mol. The first-order valence-electron chi connectivity index (χ1n) is 6.69. The van der Waals surface area contributed by atoms with Crippen LogP contribution in [-0.4, -0.2) is 35.3 Å². The van der Waals surface area contributed by atoms with E-state index in [2.05, 4.69) is 12.2 Å². The van der Waals surface area contributed by atoms with E-state index in [4.69, 9.17) is 0 Å². The van der Waals surface area contributed by atoms with Gasteiger partial charge in [-0.05, 0) is 43.4 Å². The molecular weight excluding hydrogens is 218 g/mol. The maximum atomic E-state index is 10.2. The van der Waals surface area contributed by atoms with Crippen molar-refractivity contribution in [3.63, 3.8) is 0 Å². The third-order valence-corrected chi connectivity index (χ3v) is 5.25. The first kappa shape index (κ1) is 12.7. The fraction of sp³-hybridized carbons (Fsp3) is 1.00. The fourth-order valence-electron chi connectivity index (χ4n) is 2.99. The molecule has 3 atom stereocenters. The molecule has 1 aliphatic carbocycles. The first-order valence-corrected chi connectivity index (χ1v) is 7.84. The van der Waals surface area contributed by atoms with Gasteiger partial charge in [0.2, 0.25) is 0 Å². The first-order chi connectivity index (χ1) is 7.68. The smallest absolute Gasteiger partial charge is 0.0869 e. The van der Waals surface area contributed by atoms with Gasteiger partial charge in [0.15, 0.2) is 0 Å². The van der Waals surface area contributed by atoms with Gasteiger partial charge in [-0.2, -0.15) is 11.8 Å². The zero-order chi connectivity index (χ0) is 11.4. The van der Waals surface area contributed by atoms with Crippen molar-refractivity contribution in [1.29, 1.82) is 0 Å². The lowest BCUT2D eigenvalue weighted by Gasteiger charge is -2.28. The molecule has 1 saturated heterocycles. The van der Waals surface area contributed by atoms with Gasteiger partial charge in [-0.1, -0.05) is 19.8 Å². The van der Waals surface area contributed by atoms with E-state index in [0.29, 0.717) is 0 Å². The Morgan fingerprint density at radius 1 is 1.44 bits per heavy atom. The standard InChI is InChI=1S/C13H25NOS/c1-11-3-2-4-12(7-11)8-14-9-13(15)5-6-16-10-13/h11-12,14-15H,2-10H2,1H3. The van der Waals surface area contributed by atoms with E-state index < -0.39 is 5.60 Å². The third-order valence-electron chi connectivity index (χ3n) is 4.01. The van der Waals surface area contributed by atoms with Gasteiger partial charge in [0.05, 0.1) is 5.60 Å². The molecule has 0 aromatic rings. The Morgan fingerprint density at radius 2 is 2.31 bits per heavy atom. The Balaban J connectivity index is 1.63. The molecule has 0 spiro atoms. The summed E-state index contributed by atoms with van der Waals surface area (Å²) in [6, 6.07) is 0. The van der Waals surface area contributed by atoms with Crippen molar-refractivity contribution in [3.8, 4) is 0 Å². The molecule has 94 valence electrons. The van der Waals surface area contributed by atoms with Gasteiger partial charge in [-0.15, -0.1) is 0 Å². The van der Waals surface area contributed by atoms with E-state index in [0.717, 1.165) is 42.9 Å². The van der Waals surface area contributed by atoms with Crippen LogP contribution in [0.5, 0.6) is 0 Å². The summed E-state index contributed by atoms with van der Waals surface area (Å²) in [5, 5.41) is 13.7. The van der Waals surface area contributed by atoms with Crippen molar-refractivity contribution in [2.45, 2.75) is 44.6 Å². The summed E-state index contributed by atoms with van der Waals surface area (Å²) in [6.07, 6.45) is 6.53. The average Bonchev–Trinajstić information content (AvgIpc) is 2.65. The second kappa shape index (κ2) is 5.74. The predicted octanol–water partition coefficient (Wildman–Crippen LogP) is 2.27. The van der Waals surface area contributed by atoms with Crippen LogP contribution in [0.25, 0.3) is 0 Å². The number of hydrogen-bond donors (Lipinski definition) is 2. The average molecular weight is 243 g/mol. The van der Waals surface area contributed by atoms with Crippen LogP contribution in [0.3, 0.4) is 0 Å². The number of hydrogen-bond acceptors (Lipinski definition) is 3. The van der Waals surface area contributed by atoms with Crippen molar-refractivity contribution in [2.75, 3.05) is 24.6 Å². The molecule has 2 nitrogen and oxygen atoms in total. The van der Waals surface area contributed by atoms with Crippen LogP contribution in [0, 0.1) is 11.8 Å². The summed E-state index contributed by atoms with van der Waals surface area (Å²) in [4.78, 5) is 0. The van der Waals surface area contributed by atoms with Crippen molar-refractivity contribution < 1.29 is 5.11 Å².